The van der Waals surface area contributed by atoms with Gasteiger partial charge in [-0.25, -0.2) is 0 Å². The molecular weight excluding hydrogens is 1400 g/mol. The maximum Gasteiger partial charge on any atom is 0.269 e. The van der Waals surface area contributed by atoms with Crippen LogP contribution in [-0.2, 0) is 0 Å². The maximum atomic E-state index is 4.03. The molecule has 0 radical (unpaired) electrons. The molecule has 0 saturated carbocycles. The molecule has 0 aliphatic heterocycles. The lowest BCUT2D eigenvalue weighted by Crippen LogP contribution is -2.50. The van der Waals surface area contributed by atoms with Gasteiger partial charge in [-0.15, -0.1) is 26.3 Å². The number of hydrogen-bond donors (Lipinski definition) is 0. The third-order valence-electron chi connectivity index (χ3n) is 25.8. The van der Waals surface area contributed by atoms with Crippen molar-refractivity contribution in [1.82, 2.24) is 19.2 Å². The summed E-state index contributed by atoms with van der Waals surface area (Å²) in [5.41, 5.74) is 21.0. The van der Waals surface area contributed by atoms with E-state index < -0.39 is 0 Å². The van der Waals surface area contributed by atoms with Crippen LogP contribution in [0.2, 0.25) is 23.3 Å². The monoisotopic (exact) mass is 1550 g/mol. The van der Waals surface area contributed by atoms with E-state index in [0.29, 0.717) is 123 Å². The van der Waals surface area contributed by atoms with Crippen LogP contribution in [0.5, 0.6) is 0 Å². The van der Waals surface area contributed by atoms with E-state index in [4.69, 9.17) is 0 Å². The number of nitrogens with zero attached hydrogens (tertiary/aromatic N) is 4. The minimum atomic E-state index is 0.375. The van der Waals surface area contributed by atoms with Gasteiger partial charge < -0.3 is 19.2 Å². The average molecular weight is 1550 g/mol. The predicted molar refractivity (Wildman–Crippen MR) is 521 cm³/mol. The summed E-state index contributed by atoms with van der Waals surface area (Å²) >= 11 is 0. The third-order valence-corrected chi connectivity index (χ3v) is 25.8. The summed E-state index contributed by atoms with van der Waals surface area (Å²) in [5.74, 6) is 3.75. The lowest BCUT2D eigenvalue weighted by Gasteiger charge is -2.39. The zero-order chi connectivity index (χ0) is 83.5. The Morgan fingerprint density at radius 1 is 0.302 bits per heavy atom. The van der Waals surface area contributed by atoms with E-state index in [2.05, 4.69) is 389 Å². The van der Waals surface area contributed by atoms with Crippen LogP contribution in [0.25, 0.3) is 21.9 Å². The van der Waals surface area contributed by atoms with E-state index in [1.54, 1.807) is 11.0 Å². The molecule has 4 nitrogen and oxygen atoms in total. The number of benzene rings is 4. The Bertz CT molecular complexity index is 4150. The number of hydrogen-bond acceptors (Lipinski definition) is 4. The van der Waals surface area contributed by atoms with Crippen molar-refractivity contribution in [1.29, 1.82) is 0 Å². The highest BCUT2D eigenvalue weighted by Crippen LogP contribution is 2.50. The van der Waals surface area contributed by atoms with Gasteiger partial charge in [-0.3, -0.25) is 0 Å². The molecule has 8 aliphatic carbocycles. The predicted octanol–water partition coefficient (Wildman–Crippen LogP) is 29.8. The Morgan fingerprint density at radius 2 is 0.569 bits per heavy atom. The molecule has 0 saturated heterocycles. The summed E-state index contributed by atoms with van der Waals surface area (Å²) in [5, 5.41) is 0. The van der Waals surface area contributed by atoms with Gasteiger partial charge in [-0.05, 0) is 193 Å². The summed E-state index contributed by atoms with van der Waals surface area (Å²) in [4.78, 5) is 10.8. The van der Waals surface area contributed by atoms with Gasteiger partial charge in [0.2, 0.25) is 0 Å². The Morgan fingerprint density at radius 3 is 0.836 bits per heavy atom. The van der Waals surface area contributed by atoms with Crippen molar-refractivity contribution in [3.05, 3.63) is 313 Å². The lowest BCUT2D eigenvalue weighted by molar-refractivity contribution is 0.305. The first-order valence-electron chi connectivity index (χ1n) is 46.3. The molecule has 8 aliphatic rings. The minimum Gasteiger partial charge on any atom is -0.333 e. The molecule has 4 aromatic rings. The van der Waals surface area contributed by atoms with E-state index in [1.807, 2.05) is 12.2 Å². The molecule has 0 amide bonds. The van der Waals surface area contributed by atoms with Gasteiger partial charge in [0.1, 0.15) is 0 Å². The highest BCUT2D eigenvalue weighted by Gasteiger charge is 2.45. The fourth-order valence-electron chi connectivity index (χ4n) is 21.1. The van der Waals surface area contributed by atoms with Gasteiger partial charge in [0, 0.05) is 23.7 Å². The van der Waals surface area contributed by atoms with Crippen molar-refractivity contribution < 1.29 is 0 Å². The highest BCUT2D eigenvalue weighted by atomic mass is 15.1. The second kappa shape index (κ2) is 46.4. The van der Waals surface area contributed by atoms with E-state index in [1.165, 1.54) is 156 Å². The van der Waals surface area contributed by atoms with Crippen LogP contribution >= 0.6 is 0 Å². The Hall–Kier alpha value is -7.18. The number of fused-ring (bicyclic) bond motifs is 4. The average Bonchev–Trinajstić information content (AvgIpc) is 1.63. The van der Waals surface area contributed by atoms with E-state index >= 15 is 0 Å². The Labute approximate surface area is 712 Å². The van der Waals surface area contributed by atoms with Gasteiger partial charge in [0.25, 0.3) is 27.4 Å². The van der Waals surface area contributed by atoms with E-state index in [0.717, 1.165) is 25.7 Å². The summed E-state index contributed by atoms with van der Waals surface area (Å²) in [6.45, 7) is 59.4. The van der Waals surface area contributed by atoms with Crippen molar-refractivity contribution in [3.8, 4) is 0 Å². The van der Waals surface area contributed by atoms with Gasteiger partial charge in [0.05, 0.1) is 0 Å². The first kappa shape index (κ1) is 92.7. The van der Waals surface area contributed by atoms with Crippen LogP contribution in [0.15, 0.2) is 268 Å². The molecule has 0 N–H and O–H groups in total. The zero-order valence-electron chi connectivity index (χ0n) is 75.8. The maximum absolute atomic E-state index is 4.03. The van der Waals surface area contributed by atoms with Crippen molar-refractivity contribution in [3.63, 3.8) is 0 Å². The van der Waals surface area contributed by atoms with Crippen LogP contribution in [0.1, 0.15) is 308 Å². The fraction of sp³-hybridized carbons (Fsp3) is 0.481. The quantitative estimate of drug-likeness (QED) is 0.0249. The zero-order valence-corrected chi connectivity index (χ0v) is 75.8. The van der Waals surface area contributed by atoms with Crippen molar-refractivity contribution in [2.75, 3.05) is 0 Å². The fourth-order valence-corrected chi connectivity index (χ4v) is 21.1. The van der Waals surface area contributed by atoms with Crippen LogP contribution in [0.3, 0.4) is 0 Å². The van der Waals surface area contributed by atoms with E-state index in [-0.39, 0.29) is 0 Å². The van der Waals surface area contributed by atoms with Crippen LogP contribution in [0, 0.1) is 0 Å². The summed E-state index contributed by atoms with van der Waals surface area (Å²) in [6.07, 6.45) is 73.8. The molecule has 8 heteroatoms. The lowest BCUT2D eigenvalue weighted by atomic mass is 9.43. The van der Waals surface area contributed by atoms with E-state index in [9.17, 15) is 0 Å². The molecule has 6 unspecified atom stereocenters. The molecule has 12 rings (SSSR count). The third kappa shape index (κ3) is 23.7. The second-order valence-corrected chi connectivity index (χ2v) is 36.7. The van der Waals surface area contributed by atoms with Crippen molar-refractivity contribution in [2.24, 2.45) is 0 Å². The molecule has 0 heterocycles. The Kier molecular flexibility index (Phi) is 37.1. The molecule has 116 heavy (non-hydrogen) atoms. The molecule has 6 atom stereocenters. The van der Waals surface area contributed by atoms with Gasteiger partial charge in [-0.2, -0.15) is 0 Å². The van der Waals surface area contributed by atoms with Gasteiger partial charge in [-0.1, -0.05) is 427 Å². The molecule has 4 aromatic carbocycles. The minimum absolute atomic E-state index is 0.375. The number of unbranched alkanes of at least 4 members (excludes halogenated alkanes) is 8. The summed E-state index contributed by atoms with van der Waals surface area (Å²) < 4.78 is 0. The molecular formula is C108H152B4N4. The van der Waals surface area contributed by atoms with Crippen LogP contribution in [0.4, 0.5) is 0 Å². The van der Waals surface area contributed by atoms with Gasteiger partial charge in [0.15, 0.2) is 0 Å². The normalized spacial score (nSPS) is 19.3. The molecule has 0 bridgehead atoms. The second-order valence-electron chi connectivity index (χ2n) is 36.7. The van der Waals surface area contributed by atoms with Crippen molar-refractivity contribution in [2.45, 2.75) is 335 Å². The molecule has 616 valence electrons. The molecule has 0 fully saturated rings. The van der Waals surface area contributed by atoms with Crippen molar-refractivity contribution >= 4 is 49.3 Å². The summed E-state index contributed by atoms with van der Waals surface area (Å²) in [6, 6.07) is 40.2. The summed E-state index contributed by atoms with van der Waals surface area (Å²) in [7, 11) is 0. The standard InChI is InChI=1S/C31H46BN.C29H42BN.C25H34BN.C23H30BN/c1-7-9-11-13-16-26-20-21-28(22-26)32(33(24(3)4)25(5)6)31-23-27(17-12-10-8-2)29-18-14-15-19-30(29)31;1-7-9-10-11-15-24-18-19-26(20-24)30(31(22(3)4)23(5)6)29-21-25(14-8-2)27-16-12-13-17-28(27)29;1-6-7-8-13-21-18-25(24-17-12-11-16-23(21)24)26(22-14-9-10-15-22)27(19(2)3)20(4)5;1-6-11-19-16-23(22-15-10-9-14-21(19)22)24(20-12-7-8-13-20)25(17(2)3)18(4)5/h8,14-15,18-25,27-28H,2,7,9-13,16-17H2,1,3-6H3;8,12-13,16-23,25-26H,2,7,9-11,14-15H2,1,3-6H3;6,9-12,14-22H,1,7-8,13H2,2-5H3;6-10,12-20H,1,11H2,2-5H3. The van der Waals surface area contributed by atoms with Crippen LogP contribution in [-0.4, -0.2) is 95.0 Å². The largest absolute Gasteiger partial charge is 0.333 e. The first-order valence-corrected chi connectivity index (χ1v) is 46.3. The van der Waals surface area contributed by atoms with Gasteiger partial charge >= 0.3 is 0 Å². The first-order chi connectivity index (χ1) is 56.0. The number of allylic oxidation sites excluding steroid dienone is 24. The SMILES string of the molecule is C=CCC1C=C(B(C2C=CC(CCCCCC)=C2)N(C(C)C)C(C)C)c2ccccc21.C=CCC1C=C(B(C2C=CC=C2)N(C(C)C)C(C)C)c2ccccc21.C=CCCCC1C=C(B(C2C=CC(CCCCCC)=C2)N(C(C)C)C(C)C)c2ccccc21.C=CCCCC1C=C(B(C2C=CC=C2)N(C(C)C)C(C)C)c2ccccc21. The smallest absolute Gasteiger partial charge is 0.269 e. The van der Waals surface area contributed by atoms with Crippen LogP contribution < -0.4 is 0 Å². The molecule has 0 spiro atoms. The highest BCUT2D eigenvalue weighted by molar-refractivity contribution is 6.81. The Balaban J connectivity index is 0.000000178. The molecule has 0 aromatic heterocycles. The topological polar surface area (TPSA) is 13.0 Å². The number of rotatable bonds is 42.